The summed E-state index contributed by atoms with van der Waals surface area (Å²) in [7, 11) is 0. The number of amides is 1. The predicted molar refractivity (Wildman–Crippen MR) is 92.5 cm³/mol. The van der Waals surface area contributed by atoms with E-state index in [9.17, 15) is 9.18 Å². The minimum absolute atomic E-state index is 0.0218. The number of hydrogen-bond donors (Lipinski definition) is 1. The Labute approximate surface area is 141 Å². The Morgan fingerprint density at radius 3 is 2.71 bits per heavy atom. The van der Waals surface area contributed by atoms with Gasteiger partial charge in [0, 0.05) is 18.1 Å². The van der Waals surface area contributed by atoms with E-state index in [-0.39, 0.29) is 17.3 Å². The van der Waals surface area contributed by atoms with Gasteiger partial charge in [-0.2, -0.15) is 0 Å². The molecule has 2 fully saturated rings. The lowest BCUT2D eigenvalue weighted by Crippen LogP contribution is -2.51. The van der Waals surface area contributed by atoms with Crippen LogP contribution in [0.5, 0.6) is 0 Å². The van der Waals surface area contributed by atoms with Gasteiger partial charge in [-0.25, -0.2) is 4.39 Å². The molecule has 0 spiro atoms. The second-order valence-corrected chi connectivity index (χ2v) is 7.42. The number of halogens is 1. The zero-order valence-corrected chi connectivity index (χ0v) is 14.3. The summed E-state index contributed by atoms with van der Waals surface area (Å²) in [5.41, 5.74) is 1.49. The third kappa shape index (κ3) is 2.61. The molecule has 2 heterocycles. The van der Waals surface area contributed by atoms with Gasteiger partial charge in [-0.1, -0.05) is 6.07 Å². The Morgan fingerprint density at radius 2 is 2.08 bits per heavy atom. The molecule has 1 saturated heterocycles. The van der Waals surface area contributed by atoms with E-state index in [1.54, 1.807) is 10.6 Å². The van der Waals surface area contributed by atoms with Gasteiger partial charge in [0.2, 0.25) is 5.91 Å². The van der Waals surface area contributed by atoms with Crippen LogP contribution in [-0.2, 0) is 4.79 Å². The van der Waals surface area contributed by atoms with Crippen LogP contribution < -0.4 is 5.32 Å². The van der Waals surface area contributed by atoms with Gasteiger partial charge in [-0.3, -0.25) is 4.79 Å². The molecule has 1 atom stereocenters. The number of likely N-dealkylation sites (tertiary alicyclic amines) is 1. The van der Waals surface area contributed by atoms with Crippen LogP contribution in [-0.4, -0.2) is 40.5 Å². The monoisotopic (exact) mass is 329 g/mol. The van der Waals surface area contributed by atoms with Gasteiger partial charge in [0.15, 0.2) is 0 Å². The number of carbonyl (C=O) groups is 1. The number of carbonyl (C=O) groups excluding carboxylic acids is 1. The molecule has 24 heavy (non-hydrogen) atoms. The van der Waals surface area contributed by atoms with E-state index < -0.39 is 6.04 Å². The average molecular weight is 329 g/mol. The van der Waals surface area contributed by atoms with Gasteiger partial charge in [0.25, 0.3) is 0 Å². The first-order valence-electron chi connectivity index (χ1n) is 8.79. The summed E-state index contributed by atoms with van der Waals surface area (Å²) < 4.78 is 16.1. The number of nitrogens with zero attached hydrogens (tertiary/aromatic N) is 2. The second kappa shape index (κ2) is 5.59. The van der Waals surface area contributed by atoms with Crippen molar-refractivity contribution in [1.82, 2.24) is 14.8 Å². The second-order valence-electron chi connectivity index (χ2n) is 7.42. The summed E-state index contributed by atoms with van der Waals surface area (Å²) in [6.07, 6.45) is 5.16. The van der Waals surface area contributed by atoms with Crippen molar-refractivity contribution in [3.8, 4) is 0 Å². The molecule has 4 nitrogen and oxygen atoms in total. The first-order valence-corrected chi connectivity index (χ1v) is 8.79. The minimum atomic E-state index is -0.423. The van der Waals surface area contributed by atoms with Crippen molar-refractivity contribution in [2.45, 2.75) is 44.7 Å². The average Bonchev–Trinajstić information content (AvgIpc) is 3.11. The summed E-state index contributed by atoms with van der Waals surface area (Å²) in [6.45, 7) is 7.03. The molecule has 1 aliphatic carbocycles. The Kier molecular flexibility index (Phi) is 3.64. The quantitative estimate of drug-likeness (QED) is 0.915. The lowest BCUT2D eigenvalue weighted by atomic mass is 10.1. The first-order chi connectivity index (χ1) is 11.5. The Bertz CT molecular complexity index is 789. The van der Waals surface area contributed by atoms with Crippen molar-refractivity contribution in [3.63, 3.8) is 0 Å². The van der Waals surface area contributed by atoms with E-state index in [4.69, 9.17) is 0 Å². The molecule has 1 aromatic carbocycles. The van der Waals surface area contributed by atoms with Gasteiger partial charge in [-0.05, 0) is 63.9 Å². The molecule has 5 heteroatoms. The molecule has 1 amide bonds. The van der Waals surface area contributed by atoms with Crippen molar-refractivity contribution < 1.29 is 9.18 Å². The maximum atomic E-state index is 14.3. The molecule has 1 aromatic heterocycles. The third-order valence-electron chi connectivity index (χ3n) is 5.56. The Morgan fingerprint density at radius 1 is 1.33 bits per heavy atom. The van der Waals surface area contributed by atoms with Crippen molar-refractivity contribution in [2.24, 2.45) is 0 Å². The van der Waals surface area contributed by atoms with E-state index >= 15 is 0 Å². The third-order valence-corrected chi connectivity index (χ3v) is 5.56. The van der Waals surface area contributed by atoms with Crippen molar-refractivity contribution >= 4 is 16.8 Å². The molecule has 1 unspecified atom stereocenters. The van der Waals surface area contributed by atoms with Crippen LogP contribution in [0, 0.1) is 12.7 Å². The fraction of sp³-hybridized carbons (Fsp3) is 0.526. The molecular weight excluding hydrogens is 305 g/mol. The van der Waals surface area contributed by atoms with Crippen LogP contribution in [0.2, 0.25) is 0 Å². The minimum Gasteiger partial charge on any atom is -0.348 e. The zero-order valence-electron chi connectivity index (χ0n) is 14.3. The fourth-order valence-electron chi connectivity index (χ4n) is 3.64. The fourth-order valence-corrected chi connectivity index (χ4v) is 3.64. The molecule has 2 aromatic rings. The van der Waals surface area contributed by atoms with E-state index in [0.29, 0.717) is 5.52 Å². The SMILES string of the molecule is Cc1ccc(F)c2c1ccn2C(C)C(=O)NC1(CN2CCC2)CC1. The highest BCUT2D eigenvalue weighted by Crippen LogP contribution is 2.38. The number of hydrogen-bond acceptors (Lipinski definition) is 2. The van der Waals surface area contributed by atoms with E-state index in [2.05, 4.69) is 10.2 Å². The Hall–Kier alpha value is -1.88. The van der Waals surface area contributed by atoms with E-state index in [1.807, 2.05) is 26.1 Å². The van der Waals surface area contributed by atoms with Crippen LogP contribution in [0.1, 0.15) is 37.8 Å². The first kappa shape index (κ1) is 15.6. The molecule has 1 N–H and O–H groups in total. The van der Waals surface area contributed by atoms with E-state index in [0.717, 1.165) is 43.4 Å². The summed E-state index contributed by atoms with van der Waals surface area (Å²) in [5, 5.41) is 4.10. The van der Waals surface area contributed by atoms with Crippen LogP contribution in [0.25, 0.3) is 10.9 Å². The summed E-state index contributed by atoms with van der Waals surface area (Å²) in [4.78, 5) is 15.1. The molecule has 4 rings (SSSR count). The molecule has 0 radical (unpaired) electrons. The number of fused-ring (bicyclic) bond motifs is 1. The van der Waals surface area contributed by atoms with Gasteiger partial charge in [0.05, 0.1) is 11.1 Å². The van der Waals surface area contributed by atoms with Crippen molar-refractivity contribution in [1.29, 1.82) is 0 Å². The van der Waals surface area contributed by atoms with Gasteiger partial charge in [0.1, 0.15) is 11.9 Å². The number of rotatable bonds is 5. The summed E-state index contributed by atoms with van der Waals surface area (Å²) >= 11 is 0. The van der Waals surface area contributed by atoms with Gasteiger partial charge < -0.3 is 14.8 Å². The highest BCUT2D eigenvalue weighted by molar-refractivity contribution is 5.88. The van der Waals surface area contributed by atoms with Crippen LogP contribution in [0.4, 0.5) is 4.39 Å². The van der Waals surface area contributed by atoms with E-state index in [1.165, 1.54) is 12.5 Å². The number of aryl methyl sites for hydroxylation is 1. The van der Waals surface area contributed by atoms with Crippen molar-refractivity contribution in [3.05, 3.63) is 35.8 Å². The van der Waals surface area contributed by atoms with Gasteiger partial charge >= 0.3 is 0 Å². The lowest BCUT2D eigenvalue weighted by Gasteiger charge is -2.35. The number of benzene rings is 1. The zero-order chi connectivity index (χ0) is 16.9. The highest BCUT2D eigenvalue weighted by atomic mass is 19.1. The standard InChI is InChI=1S/C19H24FN3O/c1-13-4-5-16(20)17-15(13)6-11-23(17)14(2)18(24)21-19(7-8-19)12-22-9-3-10-22/h4-6,11,14H,3,7-10,12H2,1-2H3,(H,21,24). The lowest BCUT2D eigenvalue weighted by molar-refractivity contribution is -0.125. The maximum Gasteiger partial charge on any atom is 0.243 e. The maximum absolute atomic E-state index is 14.3. The molecule has 0 bridgehead atoms. The van der Waals surface area contributed by atoms with Crippen LogP contribution >= 0.6 is 0 Å². The number of aromatic nitrogens is 1. The van der Waals surface area contributed by atoms with Crippen LogP contribution in [0.3, 0.4) is 0 Å². The Balaban J connectivity index is 1.54. The number of nitrogens with one attached hydrogen (secondary N) is 1. The molecule has 128 valence electrons. The topological polar surface area (TPSA) is 37.3 Å². The molecule has 2 aliphatic rings. The normalized spacial score (nSPS) is 20.6. The summed E-state index contributed by atoms with van der Waals surface area (Å²) in [6, 6.07) is 4.72. The highest BCUT2D eigenvalue weighted by Gasteiger charge is 2.46. The smallest absolute Gasteiger partial charge is 0.243 e. The predicted octanol–water partition coefficient (Wildman–Crippen LogP) is 3.00. The largest absolute Gasteiger partial charge is 0.348 e. The van der Waals surface area contributed by atoms with Crippen LogP contribution in [0.15, 0.2) is 24.4 Å². The molecular formula is C19H24FN3O. The molecule has 1 aliphatic heterocycles. The summed E-state index contributed by atoms with van der Waals surface area (Å²) in [5.74, 6) is -0.298. The molecule has 1 saturated carbocycles. The van der Waals surface area contributed by atoms with Gasteiger partial charge in [-0.15, -0.1) is 0 Å². The van der Waals surface area contributed by atoms with Crippen molar-refractivity contribution in [2.75, 3.05) is 19.6 Å².